The minimum atomic E-state index is -0.298. The molecule has 2 aliphatic rings. The van der Waals surface area contributed by atoms with E-state index < -0.39 is 0 Å². The van der Waals surface area contributed by atoms with Crippen molar-refractivity contribution in [2.24, 2.45) is 0 Å². The summed E-state index contributed by atoms with van der Waals surface area (Å²) in [6.45, 7) is 3.52. The van der Waals surface area contributed by atoms with E-state index in [-0.39, 0.29) is 18.7 Å². The minimum Gasteiger partial charge on any atom is -0.378 e. The maximum Gasteiger partial charge on any atom is 0.200 e. The van der Waals surface area contributed by atoms with E-state index in [0.29, 0.717) is 41.2 Å². The molecule has 0 radical (unpaired) electrons. The van der Waals surface area contributed by atoms with Gasteiger partial charge in [-0.3, -0.25) is 4.79 Å². The van der Waals surface area contributed by atoms with Gasteiger partial charge in [-0.25, -0.2) is 4.98 Å². The number of aromatic nitrogens is 1. The van der Waals surface area contributed by atoms with Crippen molar-refractivity contribution in [3.63, 3.8) is 0 Å². The molecule has 0 amide bonds. The van der Waals surface area contributed by atoms with Gasteiger partial charge in [0.05, 0.1) is 33.8 Å². The number of hydrogen-bond donors (Lipinski definition) is 0. The topological polar surface area (TPSA) is 60.9 Å². The van der Waals surface area contributed by atoms with Gasteiger partial charge in [0.25, 0.3) is 0 Å². The van der Waals surface area contributed by atoms with Crippen LogP contribution in [0.2, 0.25) is 10.0 Å². The Kier molecular flexibility index (Phi) is 7.62. The molecule has 1 unspecified atom stereocenters. The molecule has 2 aliphatic heterocycles. The van der Waals surface area contributed by atoms with Crippen LogP contribution in [0.3, 0.4) is 0 Å². The van der Waals surface area contributed by atoms with Crippen LogP contribution in [-0.4, -0.2) is 56.6 Å². The zero-order chi connectivity index (χ0) is 20.9. The summed E-state index contributed by atoms with van der Waals surface area (Å²) in [4.78, 5) is 20.6. The van der Waals surface area contributed by atoms with Crippen molar-refractivity contribution in [1.82, 2.24) is 4.98 Å². The maximum absolute atomic E-state index is 13.0. The van der Waals surface area contributed by atoms with Crippen molar-refractivity contribution in [2.45, 2.75) is 32.0 Å². The summed E-state index contributed by atoms with van der Waals surface area (Å²) < 4.78 is 16.7. The molecule has 0 bridgehead atoms. The predicted octanol–water partition coefficient (Wildman–Crippen LogP) is 4.60. The summed E-state index contributed by atoms with van der Waals surface area (Å²) in [7, 11) is 0. The molecular formula is C21H24Cl2N2O4S. The molecule has 162 valence electrons. The van der Waals surface area contributed by atoms with Crippen LogP contribution in [0.5, 0.6) is 0 Å². The molecule has 9 heteroatoms. The zero-order valence-corrected chi connectivity index (χ0v) is 18.9. The second-order valence-electron chi connectivity index (χ2n) is 7.33. The van der Waals surface area contributed by atoms with Crippen molar-refractivity contribution in [3.05, 3.63) is 44.4 Å². The number of thiazole rings is 1. The van der Waals surface area contributed by atoms with Gasteiger partial charge < -0.3 is 19.1 Å². The predicted molar refractivity (Wildman–Crippen MR) is 118 cm³/mol. The van der Waals surface area contributed by atoms with Crippen molar-refractivity contribution in [2.75, 3.05) is 44.4 Å². The van der Waals surface area contributed by atoms with E-state index in [0.717, 1.165) is 48.7 Å². The molecular weight excluding hydrogens is 447 g/mol. The Morgan fingerprint density at radius 2 is 2.03 bits per heavy atom. The molecule has 3 heterocycles. The fraction of sp³-hybridized carbons (Fsp3) is 0.524. The van der Waals surface area contributed by atoms with E-state index in [1.807, 2.05) is 12.1 Å². The first-order valence-electron chi connectivity index (χ1n) is 10.1. The number of carbonyl (C=O) groups excluding carboxylic acids is 1. The Hall–Kier alpha value is -1.22. The highest BCUT2D eigenvalue weighted by Gasteiger charge is 2.24. The normalized spacial score (nSPS) is 19.8. The molecule has 0 saturated carbocycles. The van der Waals surface area contributed by atoms with Gasteiger partial charge in [0.1, 0.15) is 6.61 Å². The fourth-order valence-corrected chi connectivity index (χ4v) is 4.87. The maximum atomic E-state index is 13.0. The summed E-state index contributed by atoms with van der Waals surface area (Å²) in [5, 5.41) is 1.83. The third kappa shape index (κ3) is 5.52. The lowest BCUT2D eigenvalue weighted by Gasteiger charge is -2.26. The van der Waals surface area contributed by atoms with Crippen molar-refractivity contribution in [3.8, 4) is 0 Å². The lowest BCUT2D eigenvalue weighted by atomic mass is 10.1. The first kappa shape index (κ1) is 22.0. The lowest BCUT2D eigenvalue weighted by molar-refractivity contribution is -0.155. The molecule has 1 aromatic heterocycles. The molecule has 0 spiro atoms. The van der Waals surface area contributed by atoms with Gasteiger partial charge in [0.2, 0.25) is 0 Å². The van der Waals surface area contributed by atoms with E-state index >= 15 is 0 Å². The van der Waals surface area contributed by atoms with E-state index in [9.17, 15) is 4.79 Å². The fourth-order valence-electron chi connectivity index (χ4n) is 3.49. The van der Waals surface area contributed by atoms with Crippen molar-refractivity contribution >= 4 is 45.5 Å². The van der Waals surface area contributed by atoms with Crippen LogP contribution in [0, 0.1) is 0 Å². The highest BCUT2D eigenvalue weighted by molar-refractivity contribution is 7.17. The van der Waals surface area contributed by atoms with Gasteiger partial charge in [-0.1, -0.05) is 40.6 Å². The van der Waals surface area contributed by atoms with Gasteiger partial charge in [0, 0.05) is 26.1 Å². The molecule has 6 nitrogen and oxygen atoms in total. The molecule has 0 aliphatic carbocycles. The number of nitrogens with zero attached hydrogens (tertiary/aromatic N) is 2. The smallest absolute Gasteiger partial charge is 0.200 e. The number of anilines is 1. The van der Waals surface area contributed by atoms with Gasteiger partial charge >= 0.3 is 0 Å². The van der Waals surface area contributed by atoms with E-state index in [1.54, 1.807) is 6.07 Å². The number of benzene rings is 1. The number of morpholine rings is 1. The number of rotatable bonds is 7. The first-order chi connectivity index (χ1) is 14.6. The second kappa shape index (κ2) is 10.4. The van der Waals surface area contributed by atoms with Crippen LogP contribution < -0.4 is 4.90 Å². The molecule has 30 heavy (non-hydrogen) atoms. The summed E-state index contributed by atoms with van der Waals surface area (Å²) in [6.07, 6.45) is 3.12. The van der Waals surface area contributed by atoms with Crippen LogP contribution >= 0.6 is 34.5 Å². The third-order valence-electron chi connectivity index (χ3n) is 5.11. The van der Waals surface area contributed by atoms with Gasteiger partial charge in [-0.2, -0.15) is 0 Å². The second-order valence-corrected chi connectivity index (χ2v) is 9.12. The largest absolute Gasteiger partial charge is 0.378 e. The minimum absolute atomic E-state index is 0.0101. The van der Waals surface area contributed by atoms with Crippen LogP contribution in [0.4, 0.5) is 5.13 Å². The standard InChI is InChI=1S/C21H24Cl2N2O4S/c22-15-5-4-14(11-16(15)23)12-17-20(18(26)13-29-19-3-1-2-8-28-19)30-21(24-17)25-6-9-27-10-7-25/h4-5,11,19H,1-3,6-10,12-13H2. The van der Waals surface area contributed by atoms with Gasteiger partial charge in [0.15, 0.2) is 17.2 Å². The van der Waals surface area contributed by atoms with Crippen LogP contribution in [-0.2, 0) is 20.6 Å². The number of Topliss-reactive ketones (excluding diaryl/α,β-unsaturated/α-hetero) is 1. The van der Waals surface area contributed by atoms with Crippen molar-refractivity contribution in [1.29, 1.82) is 0 Å². The Bertz CT molecular complexity index is 880. The quantitative estimate of drug-likeness (QED) is 0.550. The molecule has 2 aromatic rings. The van der Waals surface area contributed by atoms with E-state index in [1.165, 1.54) is 11.3 Å². The average Bonchev–Trinajstić information content (AvgIpc) is 3.20. The number of ether oxygens (including phenoxy) is 3. The monoisotopic (exact) mass is 470 g/mol. The Labute approximate surface area is 190 Å². The van der Waals surface area contributed by atoms with Gasteiger partial charge in [-0.15, -0.1) is 0 Å². The SMILES string of the molecule is O=C(COC1CCCCO1)c1sc(N2CCOCC2)nc1Cc1ccc(Cl)c(Cl)c1. The Morgan fingerprint density at radius 3 is 2.77 bits per heavy atom. The highest BCUT2D eigenvalue weighted by atomic mass is 35.5. The lowest BCUT2D eigenvalue weighted by Crippen LogP contribution is -2.36. The number of carbonyl (C=O) groups is 1. The molecule has 4 rings (SSSR count). The summed E-state index contributed by atoms with van der Waals surface area (Å²) in [6, 6.07) is 5.49. The Morgan fingerprint density at radius 1 is 1.20 bits per heavy atom. The summed E-state index contributed by atoms with van der Waals surface area (Å²) in [5.41, 5.74) is 1.69. The summed E-state index contributed by atoms with van der Waals surface area (Å²) in [5.74, 6) is -0.0729. The molecule has 2 fully saturated rings. The molecule has 0 N–H and O–H groups in total. The number of halogens is 2. The van der Waals surface area contributed by atoms with E-state index in [4.69, 9.17) is 42.4 Å². The molecule has 1 aromatic carbocycles. The summed E-state index contributed by atoms with van der Waals surface area (Å²) >= 11 is 13.6. The average molecular weight is 471 g/mol. The number of ketones is 1. The zero-order valence-electron chi connectivity index (χ0n) is 16.6. The third-order valence-corrected chi connectivity index (χ3v) is 7.05. The number of hydrogen-bond acceptors (Lipinski definition) is 7. The van der Waals surface area contributed by atoms with Gasteiger partial charge in [-0.05, 0) is 37.0 Å². The van der Waals surface area contributed by atoms with Crippen LogP contribution in [0.1, 0.15) is 40.2 Å². The first-order valence-corrected chi connectivity index (χ1v) is 11.7. The molecule has 2 saturated heterocycles. The van der Waals surface area contributed by atoms with Crippen LogP contribution in [0.25, 0.3) is 0 Å². The Balaban J connectivity index is 1.53. The van der Waals surface area contributed by atoms with Crippen molar-refractivity contribution < 1.29 is 19.0 Å². The van der Waals surface area contributed by atoms with E-state index in [2.05, 4.69) is 4.90 Å². The molecule has 1 atom stereocenters. The highest BCUT2D eigenvalue weighted by Crippen LogP contribution is 2.31. The van der Waals surface area contributed by atoms with Crippen LogP contribution in [0.15, 0.2) is 18.2 Å².